The molecule has 0 radical (unpaired) electrons. The summed E-state index contributed by atoms with van der Waals surface area (Å²) >= 11 is 1.39. The molecule has 4 aromatic heterocycles. The topological polar surface area (TPSA) is 144 Å². The molecule has 2 aliphatic rings. The maximum atomic E-state index is 12.8. The maximum absolute atomic E-state index is 12.8. The van der Waals surface area contributed by atoms with Crippen LogP contribution in [0.5, 0.6) is 5.88 Å². The molecule has 4 N–H and O–H groups in total. The van der Waals surface area contributed by atoms with Crippen molar-refractivity contribution in [3.8, 4) is 16.5 Å². The van der Waals surface area contributed by atoms with E-state index < -0.39 is 5.69 Å². The fourth-order valence-electron chi connectivity index (χ4n) is 4.70. The molecule has 192 valence electrons. The van der Waals surface area contributed by atoms with Gasteiger partial charge in [0.1, 0.15) is 5.69 Å². The monoisotopic (exact) mass is 520 g/mol. The molecule has 12 heteroatoms. The van der Waals surface area contributed by atoms with Gasteiger partial charge in [0.25, 0.3) is 5.91 Å². The molecule has 1 saturated heterocycles. The maximum Gasteiger partial charge on any atom is 0.326 e. The number of rotatable bonds is 7. The van der Waals surface area contributed by atoms with Gasteiger partial charge in [-0.25, -0.2) is 9.78 Å². The molecule has 37 heavy (non-hydrogen) atoms. The number of carbonyl (C=O) groups excluding carboxylic acids is 1. The van der Waals surface area contributed by atoms with Gasteiger partial charge in [0.2, 0.25) is 5.88 Å². The second kappa shape index (κ2) is 9.60. The number of thiophene rings is 1. The lowest BCUT2D eigenvalue weighted by atomic mass is 10.1. The Bertz CT molecular complexity index is 1640. The SMILES string of the molecule is CN1CCCC1CCNC(=O)c1ccc(-c2cc(=NC3CC3)n3nc/c(=C/c4[nH]c(=O)[nH]c4O)c3n2)s1. The smallest absolute Gasteiger partial charge is 0.326 e. The summed E-state index contributed by atoms with van der Waals surface area (Å²) in [5.41, 5.74) is 1.64. The minimum Gasteiger partial charge on any atom is -0.493 e. The number of nitrogens with zero attached hydrogens (tertiary/aromatic N) is 5. The number of aromatic hydroxyl groups is 1. The summed E-state index contributed by atoms with van der Waals surface area (Å²) in [6, 6.07) is 6.42. The van der Waals surface area contributed by atoms with Gasteiger partial charge in [-0.3, -0.25) is 14.8 Å². The van der Waals surface area contributed by atoms with Crippen LogP contribution < -0.4 is 21.7 Å². The number of carbonyl (C=O) groups is 1. The molecular formula is C25H28N8O3S. The van der Waals surface area contributed by atoms with E-state index in [1.165, 1.54) is 24.2 Å². The Balaban J connectivity index is 1.31. The third-order valence-electron chi connectivity index (χ3n) is 6.89. The molecule has 11 nitrogen and oxygen atoms in total. The van der Waals surface area contributed by atoms with Gasteiger partial charge in [-0.05, 0) is 63.9 Å². The molecule has 1 saturated carbocycles. The third kappa shape index (κ3) is 4.94. The molecule has 5 heterocycles. The Morgan fingerprint density at radius 2 is 2.19 bits per heavy atom. The van der Waals surface area contributed by atoms with Crippen molar-refractivity contribution in [2.75, 3.05) is 20.1 Å². The summed E-state index contributed by atoms with van der Waals surface area (Å²) in [5.74, 6) is -0.331. The van der Waals surface area contributed by atoms with E-state index in [0.717, 1.165) is 30.7 Å². The number of imidazole rings is 1. The highest BCUT2D eigenvalue weighted by Crippen LogP contribution is 2.27. The molecule has 1 amide bonds. The van der Waals surface area contributed by atoms with Gasteiger partial charge in [0, 0.05) is 23.9 Å². The molecule has 1 aliphatic heterocycles. The average Bonchev–Trinajstić information content (AvgIpc) is 3.22. The van der Waals surface area contributed by atoms with Gasteiger partial charge in [-0.15, -0.1) is 11.3 Å². The predicted octanol–water partition coefficient (Wildman–Crippen LogP) is 1.00. The molecule has 0 aromatic carbocycles. The predicted molar refractivity (Wildman–Crippen MR) is 139 cm³/mol. The molecular weight excluding hydrogens is 492 g/mol. The second-order valence-electron chi connectivity index (χ2n) is 9.67. The van der Waals surface area contributed by atoms with E-state index in [1.807, 2.05) is 18.2 Å². The Labute approximate surface area is 215 Å². The molecule has 4 aromatic rings. The Kier molecular flexibility index (Phi) is 6.13. The fourth-order valence-corrected chi connectivity index (χ4v) is 5.59. The van der Waals surface area contributed by atoms with Crippen molar-refractivity contribution in [1.82, 2.24) is 34.8 Å². The van der Waals surface area contributed by atoms with Crippen molar-refractivity contribution >= 4 is 29.0 Å². The summed E-state index contributed by atoms with van der Waals surface area (Å²) in [6.45, 7) is 1.78. The van der Waals surface area contributed by atoms with Gasteiger partial charge >= 0.3 is 5.69 Å². The quantitative estimate of drug-likeness (QED) is 0.286. The standard InChI is InChI=1S/C25H28N8O3S/c1-32-10-2-3-16(32)8-9-26-24(35)20-7-6-19(37-20)17-12-21(28-15-4-5-15)33-22(29-17)14(13-27-33)11-18-23(34)31-25(36)30-18/h6-7,11-13,15-16,34H,2-5,8-10H2,1H3,(H,26,35)(H2,30,31,36)/b14-11-,28-21?. The van der Waals surface area contributed by atoms with Crippen LogP contribution in [0.2, 0.25) is 0 Å². The number of hydrogen-bond acceptors (Lipinski definition) is 8. The zero-order valence-electron chi connectivity index (χ0n) is 20.4. The number of H-pyrrole nitrogens is 2. The number of nitrogens with one attached hydrogen (secondary N) is 3. The Hall–Kier alpha value is -3.77. The lowest BCUT2D eigenvalue weighted by molar-refractivity contribution is 0.0954. The molecule has 1 unspecified atom stereocenters. The minimum atomic E-state index is -0.502. The van der Waals surface area contributed by atoms with E-state index >= 15 is 0 Å². The van der Waals surface area contributed by atoms with Gasteiger partial charge < -0.3 is 20.3 Å². The third-order valence-corrected chi connectivity index (χ3v) is 8.00. The summed E-state index contributed by atoms with van der Waals surface area (Å²) in [5, 5.41) is 18.1. The highest BCUT2D eigenvalue weighted by Gasteiger charge is 2.22. The summed E-state index contributed by atoms with van der Waals surface area (Å²) in [4.78, 5) is 42.7. The lowest BCUT2D eigenvalue weighted by Crippen LogP contribution is -2.31. The van der Waals surface area contributed by atoms with Crippen molar-refractivity contribution in [3.05, 3.63) is 56.2 Å². The van der Waals surface area contributed by atoms with Crippen LogP contribution >= 0.6 is 11.3 Å². The first-order chi connectivity index (χ1) is 17.9. The fraction of sp³-hybridized carbons (Fsp3) is 0.400. The number of likely N-dealkylation sites (tertiary alicyclic amines) is 1. The number of fused-ring (bicyclic) bond motifs is 1. The summed E-state index contributed by atoms with van der Waals surface area (Å²) in [7, 11) is 2.14. The van der Waals surface area contributed by atoms with E-state index in [9.17, 15) is 14.7 Å². The molecule has 2 fully saturated rings. The number of aromatic nitrogens is 5. The van der Waals surface area contributed by atoms with Gasteiger partial charge in [-0.1, -0.05) is 0 Å². The normalized spacial score (nSPS) is 19.3. The number of hydrogen-bond donors (Lipinski definition) is 4. The number of aromatic amines is 2. The average molecular weight is 521 g/mol. The summed E-state index contributed by atoms with van der Waals surface area (Å²) < 4.78 is 1.66. The minimum absolute atomic E-state index is 0.0777. The number of amides is 1. The molecule has 0 spiro atoms. The molecule has 1 aliphatic carbocycles. The van der Waals surface area contributed by atoms with E-state index in [4.69, 9.17) is 9.98 Å². The van der Waals surface area contributed by atoms with Crippen molar-refractivity contribution in [1.29, 1.82) is 0 Å². The van der Waals surface area contributed by atoms with Crippen molar-refractivity contribution < 1.29 is 9.90 Å². The van der Waals surface area contributed by atoms with Crippen LogP contribution in [0, 0.1) is 0 Å². The molecule has 0 bridgehead atoms. The van der Waals surface area contributed by atoms with Gasteiger partial charge in [-0.2, -0.15) is 9.61 Å². The Morgan fingerprint density at radius 1 is 1.32 bits per heavy atom. The van der Waals surface area contributed by atoms with E-state index in [0.29, 0.717) is 39.5 Å². The lowest BCUT2D eigenvalue weighted by Gasteiger charge is -2.19. The summed E-state index contributed by atoms with van der Waals surface area (Å²) in [6.07, 6.45) is 8.67. The van der Waals surface area contributed by atoms with E-state index in [1.54, 1.807) is 16.8 Å². The van der Waals surface area contributed by atoms with Crippen LogP contribution in [0.25, 0.3) is 22.3 Å². The van der Waals surface area contributed by atoms with Crippen LogP contribution in [-0.2, 0) is 0 Å². The van der Waals surface area contributed by atoms with Crippen molar-refractivity contribution in [2.45, 2.75) is 44.2 Å². The molecule has 6 rings (SSSR count). The first-order valence-electron chi connectivity index (χ1n) is 12.5. The van der Waals surface area contributed by atoms with E-state index in [-0.39, 0.29) is 23.5 Å². The second-order valence-corrected chi connectivity index (χ2v) is 10.7. The first-order valence-corrected chi connectivity index (χ1v) is 13.3. The van der Waals surface area contributed by atoms with Crippen LogP contribution in [0.15, 0.2) is 34.2 Å². The van der Waals surface area contributed by atoms with E-state index in [2.05, 4.69) is 32.3 Å². The van der Waals surface area contributed by atoms with Crippen LogP contribution in [0.4, 0.5) is 0 Å². The van der Waals surface area contributed by atoms with Crippen LogP contribution in [-0.4, -0.2) is 72.7 Å². The van der Waals surface area contributed by atoms with Crippen LogP contribution in [0.1, 0.15) is 47.5 Å². The van der Waals surface area contributed by atoms with Crippen molar-refractivity contribution in [2.24, 2.45) is 4.99 Å². The largest absolute Gasteiger partial charge is 0.493 e. The van der Waals surface area contributed by atoms with Gasteiger partial charge in [0.15, 0.2) is 11.1 Å². The molecule has 1 atom stereocenters. The highest BCUT2D eigenvalue weighted by molar-refractivity contribution is 7.17. The Morgan fingerprint density at radius 3 is 2.92 bits per heavy atom. The highest BCUT2D eigenvalue weighted by atomic mass is 32.1. The van der Waals surface area contributed by atoms with Gasteiger partial charge in [0.05, 0.1) is 27.7 Å². The zero-order chi connectivity index (χ0) is 25.5. The van der Waals surface area contributed by atoms with Crippen LogP contribution in [0.3, 0.4) is 0 Å². The van der Waals surface area contributed by atoms with Crippen molar-refractivity contribution in [3.63, 3.8) is 0 Å². The zero-order valence-corrected chi connectivity index (χ0v) is 21.2. The first kappa shape index (κ1) is 23.6.